The maximum atomic E-state index is 13.0. The van der Waals surface area contributed by atoms with E-state index in [0.717, 1.165) is 12.1 Å². The van der Waals surface area contributed by atoms with Crippen molar-refractivity contribution in [2.75, 3.05) is 32.7 Å². The van der Waals surface area contributed by atoms with Crippen LogP contribution in [0.15, 0.2) is 42.5 Å². The quantitative estimate of drug-likeness (QED) is 0.478. The van der Waals surface area contributed by atoms with Crippen molar-refractivity contribution >= 4 is 42.1 Å². The molecule has 2 aromatic rings. The second-order valence-corrected chi connectivity index (χ2v) is 8.56. The average Bonchev–Trinajstić information content (AvgIpc) is 2.79. The van der Waals surface area contributed by atoms with Crippen molar-refractivity contribution in [2.24, 2.45) is 0 Å². The molecule has 0 radical (unpaired) electrons. The minimum absolute atomic E-state index is 0.0239. The van der Waals surface area contributed by atoms with Crippen molar-refractivity contribution in [1.82, 2.24) is 16.0 Å². The van der Waals surface area contributed by atoms with Gasteiger partial charge in [-0.25, -0.2) is 0 Å². The molecule has 188 valence electrons. The first kappa shape index (κ1) is 27.3. The Labute approximate surface area is 210 Å². The topological polar surface area (TPSA) is 88.7 Å². The standard InChI is InChI=1S/C22H23BCl2F3N3O4/c24-16-5-6-18(25)17(12-16)20(32)31-19(11-14-1-3-15(4-2-14)22(26,27)28)21(33)30-13-23-34-9-7-29-8-10-35-23/h1-6,12,19,29H,7-11,13H2,(H,30,33)(H,31,32). The number of amides is 2. The molecule has 7 nitrogen and oxygen atoms in total. The molecule has 0 aliphatic carbocycles. The molecule has 1 fully saturated rings. The monoisotopic (exact) mass is 531 g/mol. The second kappa shape index (κ2) is 12.6. The molecule has 0 aromatic heterocycles. The third kappa shape index (κ3) is 8.40. The van der Waals surface area contributed by atoms with E-state index in [-0.39, 0.29) is 28.5 Å². The molecule has 1 saturated heterocycles. The van der Waals surface area contributed by atoms with Crippen LogP contribution in [0, 0.1) is 0 Å². The molecular formula is C22H23BCl2F3N3O4. The molecule has 2 amide bonds. The van der Waals surface area contributed by atoms with Gasteiger partial charge < -0.3 is 25.3 Å². The Morgan fingerprint density at radius 1 is 1.06 bits per heavy atom. The van der Waals surface area contributed by atoms with Gasteiger partial charge in [0.1, 0.15) is 6.04 Å². The summed E-state index contributed by atoms with van der Waals surface area (Å²) in [5, 5.41) is 8.78. The van der Waals surface area contributed by atoms with E-state index in [1.54, 1.807) is 0 Å². The summed E-state index contributed by atoms with van der Waals surface area (Å²) in [5.41, 5.74) is -0.339. The van der Waals surface area contributed by atoms with Crippen molar-refractivity contribution < 1.29 is 32.1 Å². The highest BCUT2D eigenvalue weighted by Gasteiger charge is 2.31. The van der Waals surface area contributed by atoms with Crippen LogP contribution in [-0.4, -0.2) is 57.7 Å². The zero-order chi connectivity index (χ0) is 25.4. The number of halogens is 5. The van der Waals surface area contributed by atoms with Gasteiger partial charge in [-0.15, -0.1) is 0 Å². The molecule has 1 heterocycles. The van der Waals surface area contributed by atoms with Crippen LogP contribution in [0.4, 0.5) is 13.2 Å². The van der Waals surface area contributed by atoms with E-state index in [1.165, 1.54) is 30.3 Å². The third-order valence-electron chi connectivity index (χ3n) is 5.12. The summed E-state index contributed by atoms with van der Waals surface area (Å²) in [6, 6.07) is 7.56. The number of benzene rings is 2. The third-order valence-corrected chi connectivity index (χ3v) is 5.69. The number of carbonyl (C=O) groups excluding carboxylic acids is 2. The van der Waals surface area contributed by atoms with Crippen LogP contribution in [0.2, 0.25) is 10.0 Å². The first-order chi connectivity index (χ1) is 16.6. The van der Waals surface area contributed by atoms with Gasteiger partial charge in [-0.1, -0.05) is 35.3 Å². The lowest BCUT2D eigenvalue weighted by Gasteiger charge is -2.22. The van der Waals surface area contributed by atoms with Crippen molar-refractivity contribution in [2.45, 2.75) is 18.6 Å². The van der Waals surface area contributed by atoms with Crippen molar-refractivity contribution in [1.29, 1.82) is 0 Å². The van der Waals surface area contributed by atoms with Gasteiger partial charge >= 0.3 is 13.3 Å². The number of hydrogen-bond acceptors (Lipinski definition) is 5. The first-order valence-electron chi connectivity index (χ1n) is 10.8. The SMILES string of the molecule is O=C(NC(Cc1ccc(C(F)(F)F)cc1)C(=O)NCB1OCCNCCO1)c1cc(Cl)ccc1Cl. The van der Waals surface area contributed by atoms with Gasteiger partial charge in [0.25, 0.3) is 5.91 Å². The van der Waals surface area contributed by atoms with E-state index in [4.69, 9.17) is 32.5 Å². The van der Waals surface area contributed by atoms with E-state index in [9.17, 15) is 22.8 Å². The minimum atomic E-state index is -4.49. The molecule has 1 atom stereocenters. The molecule has 0 bridgehead atoms. The summed E-state index contributed by atoms with van der Waals surface area (Å²) in [6.45, 7) is 2.06. The predicted molar refractivity (Wildman–Crippen MR) is 126 cm³/mol. The fourth-order valence-corrected chi connectivity index (χ4v) is 3.68. The van der Waals surface area contributed by atoms with E-state index >= 15 is 0 Å². The lowest BCUT2D eigenvalue weighted by Crippen LogP contribution is -2.51. The Kier molecular flexibility index (Phi) is 9.82. The van der Waals surface area contributed by atoms with Crippen LogP contribution in [0.5, 0.6) is 0 Å². The highest BCUT2D eigenvalue weighted by molar-refractivity contribution is 6.45. The van der Waals surface area contributed by atoms with E-state index in [0.29, 0.717) is 31.9 Å². The highest BCUT2D eigenvalue weighted by Crippen LogP contribution is 2.29. The minimum Gasteiger partial charge on any atom is -0.409 e. The van der Waals surface area contributed by atoms with Gasteiger partial charge in [-0.05, 0) is 35.9 Å². The van der Waals surface area contributed by atoms with Crippen LogP contribution in [0.1, 0.15) is 21.5 Å². The normalized spacial score (nSPS) is 15.6. The van der Waals surface area contributed by atoms with Crippen molar-refractivity contribution in [3.63, 3.8) is 0 Å². The molecule has 3 rings (SSSR count). The second-order valence-electron chi connectivity index (χ2n) is 7.72. The number of alkyl halides is 3. The van der Waals surface area contributed by atoms with Crippen LogP contribution in [0.25, 0.3) is 0 Å². The zero-order valence-electron chi connectivity index (χ0n) is 18.5. The first-order valence-corrected chi connectivity index (χ1v) is 11.5. The molecule has 2 aromatic carbocycles. The van der Waals surface area contributed by atoms with Crippen LogP contribution in [-0.2, 0) is 26.7 Å². The van der Waals surface area contributed by atoms with Crippen molar-refractivity contribution in [3.05, 3.63) is 69.2 Å². The van der Waals surface area contributed by atoms with Crippen molar-refractivity contribution in [3.8, 4) is 0 Å². The Hall–Kier alpha value is -2.31. The van der Waals surface area contributed by atoms with Gasteiger partial charge in [0, 0.05) is 37.7 Å². The van der Waals surface area contributed by atoms with Gasteiger partial charge in [-0.3, -0.25) is 9.59 Å². The van der Waals surface area contributed by atoms with Crippen LogP contribution < -0.4 is 16.0 Å². The van der Waals surface area contributed by atoms with E-state index in [2.05, 4.69) is 16.0 Å². The number of nitrogens with one attached hydrogen (secondary N) is 3. The number of rotatable bonds is 7. The van der Waals surface area contributed by atoms with Gasteiger partial charge in [-0.2, -0.15) is 13.2 Å². The summed E-state index contributed by atoms with van der Waals surface area (Å²) in [7, 11) is -0.675. The summed E-state index contributed by atoms with van der Waals surface area (Å²) >= 11 is 12.1. The smallest absolute Gasteiger partial charge is 0.409 e. The predicted octanol–water partition coefficient (Wildman–Crippen LogP) is 3.13. The molecule has 0 saturated carbocycles. The molecule has 35 heavy (non-hydrogen) atoms. The fraction of sp³-hybridized carbons (Fsp3) is 0.364. The summed E-state index contributed by atoms with van der Waals surface area (Å²) in [4.78, 5) is 25.9. The fourth-order valence-electron chi connectivity index (χ4n) is 3.31. The molecular weight excluding hydrogens is 509 g/mol. The average molecular weight is 532 g/mol. The van der Waals surface area contributed by atoms with Gasteiger partial charge in [0.05, 0.1) is 22.6 Å². The maximum absolute atomic E-state index is 13.0. The Morgan fingerprint density at radius 3 is 2.34 bits per heavy atom. The molecule has 13 heteroatoms. The number of carbonyl (C=O) groups is 2. The molecule has 1 aliphatic heterocycles. The molecule has 1 aliphatic rings. The molecule has 1 unspecified atom stereocenters. The van der Waals surface area contributed by atoms with Crippen LogP contribution >= 0.6 is 23.2 Å². The summed E-state index contributed by atoms with van der Waals surface area (Å²) in [5.74, 6) is -1.22. The lowest BCUT2D eigenvalue weighted by atomic mass is 9.89. The Bertz CT molecular complexity index is 1020. The Balaban J connectivity index is 1.74. The Morgan fingerprint density at radius 2 is 1.71 bits per heavy atom. The molecule has 3 N–H and O–H groups in total. The molecule has 0 spiro atoms. The van der Waals surface area contributed by atoms with Gasteiger partial charge in [0.15, 0.2) is 0 Å². The maximum Gasteiger partial charge on any atom is 0.477 e. The summed E-state index contributed by atoms with van der Waals surface area (Å²) in [6.07, 6.45) is -4.53. The largest absolute Gasteiger partial charge is 0.477 e. The van der Waals surface area contributed by atoms with Crippen LogP contribution in [0.3, 0.4) is 0 Å². The zero-order valence-corrected chi connectivity index (χ0v) is 20.0. The highest BCUT2D eigenvalue weighted by atomic mass is 35.5. The van der Waals surface area contributed by atoms with E-state index in [1.807, 2.05) is 0 Å². The number of hydrogen-bond donors (Lipinski definition) is 3. The lowest BCUT2D eigenvalue weighted by molar-refractivity contribution is -0.137. The summed E-state index contributed by atoms with van der Waals surface area (Å²) < 4.78 is 49.8. The van der Waals surface area contributed by atoms with Gasteiger partial charge in [0.2, 0.25) is 5.91 Å². The van der Waals surface area contributed by atoms with E-state index < -0.39 is 36.7 Å².